The summed E-state index contributed by atoms with van der Waals surface area (Å²) < 4.78 is 0. The fourth-order valence-corrected chi connectivity index (χ4v) is 0.316. The Bertz CT molecular complexity index is 262. The molecule has 15 heavy (non-hydrogen) atoms. The van der Waals surface area contributed by atoms with Gasteiger partial charge in [0.25, 0.3) is 0 Å². The Hall–Kier alpha value is -1.56. The monoisotopic (exact) mass is 218 g/mol. The zero-order valence-electron chi connectivity index (χ0n) is 9.16. The van der Waals surface area contributed by atoms with Crippen LogP contribution in [0.25, 0.3) is 0 Å². The Morgan fingerprint density at radius 3 is 2.00 bits per heavy atom. The van der Waals surface area contributed by atoms with E-state index in [0.29, 0.717) is 0 Å². The van der Waals surface area contributed by atoms with Gasteiger partial charge in [-0.3, -0.25) is 4.89 Å². The quantitative estimate of drug-likeness (QED) is 0.400. The first-order valence-corrected chi connectivity index (χ1v) is 4.16. The highest BCUT2D eigenvalue weighted by atomic mass is 17.3. The standard InChI is InChI=1S/C9H14O6/c1-6(2)7(10)12-13-8(11)14-15-9(3,4)5/h1H2,2-5H3. The third-order valence-corrected chi connectivity index (χ3v) is 0.894. The van der Waals surface area contributed by atoms with Crippen LogP contribution in [0.3, 0.4) is 0 Å². The molecular formula is C9H14O6. The Morgan fingerprint density at radius 2 is 1.60 bits per heavy atom. The molecule has 0 amide bonds. The molecule has 0 rings (SSSR count). The molecule has 0 bridgehead atoms. The van der Waals surface area contributed by atoms with Crippen LogP contribution in [0.1, 0.15) is 27.7 Å². The summed E-state index contributed by atoms with van der Waals surface area (Å²) in [5.41, 5.74) is -0.572. The lowest BCUT2D eigenvalue weighted by Gasteiger charge is -2.15. The molecule has 0 unspecified atom stereocenters. The summed E-state index contributed by atoms with van der Waals surface area (Å²) in [4.78, 5) is 38.3. The molecule has 6 heteroatoms. The molecule has 0 aromatic heterocycles. The molecule has 0 fully saturated rings. The molecule has 0 saturated carbocycles. The topological polar surface area (TPSA) is 71.1 Å². The van der Waals surface area contributed by atoms with Crippen molar-refractivity contribution < 1.29 is 29.1 Å². The normalized spacial score (nSPS) is 10.4. The van der Waals surface area contributed by atoms with Gasteiger partial charge in [0.15, 0.2) is 0 Å². The van der Waals surface area contributed by atoms with Gasteiger partial charge in [-0.2, -0.15) is 9.68 Å². The van der Waals surface area contributed by atoms with E-state index < -0.39 is 17.7 Å². The van der Waals surface area contributed by atoms with Gasteiger partial charge < -0.3 is 0 Å². The van der Waals surface area contributed by atoms with Gasteiger partial charge in [-0.25, -0.2) is 14.6 Å². The lowest BCUT2D eigenvalue weighted by Crippen LogP contribution is -2.23. The predicted molar refractivity (Wildman–Crippen MR) is 49.3 cm³/mol. The van der Waals surface area contributed by atoms with Gasteiger partial charge in [0, 0.05) is 5.57 Å². The van der Waals surface area contributed by atoms with Crippen LogP contribution >= 0.6 is 0 Å². The van der Waals surface area contributed by atoms with Crippen molar-refractivity contribution in [3.05, 3.63) is 12.2 Å². The zero-order chi connectivity index (χ0) is 12.1. The second kappa shape index (κ2) is 5.35. The van der Waals surface area contributed by atoms with Crippen LogP contribution < -0.4 is 0 Å². The second-order valence-corrected chi connectivity index (χ2v) is 3.76. The van der Waals surface area contributed by atoms with Crippen LogP contribution in [-0.4, -0.2) is 17.7 Å². The largest absolute Gasteiger partial charge is 0.582 e. The van der Waals surface area contributed by atoms with E-state index in [1.54, 1.807) is 20.8 Å². The first kappa shape index (κ1) is 13.4. The van der Waals surface area contributed by atoms with Gasteiger partial charge in [-0.15, -0.1) is 0 Å². The van der Waals surface area contributed by atoms with Gasteiger partial charge in [-0.05, 0) is 27.7 Å². The van der Waals surface area contributed by atoms with Crippen molar-refractivity contribution in [3.63, 3.8) is 0 Å². The van der Waals surface area contributed by atoms with Crippen LogP contribution in [-0.2, 0) is 24.3 Å². The van der Waals surface area contributed by atoms with E-state index in [1.807, 2.05) is 0 Å². The van der Waals surface area contributed by atoms with Gasteiger partial charge in [0.1, 0.15) is 5.60 Å². The van der Waals surface area contributed by atoms with Crippen LogP contribution in [0, 0.1) is 0 Å². The van der Waals surface area contributed by atoms with E-state index in [9.17, 15) is 9.59 Å². The molecule has 0 aromatic rings. The fourth-order valence-electron chi connectivity index (χ4n) is 0.316. The molecule has 0 radical (unpaired) electrons. The molecular weight excluding hydrogens is 204 g/mol. The summed E-state index contributed by atoms with van der Waals surface area (Å²) >= 11 is 0. The maximum absolute atomic E-state index is 10.8. The van der Waals surface area contributed by atoms with E-state index in [0.717, 1.165) is 0 Å². The SMILES string of the molecule is C=C(C)C(=O)OOC(=O)OOC(C)(C)C. The van der Waals surface area contributed by atoms with Gasteiger partial charge in [-0.1, -0.05) is 6.58 Å². The zero-order valence-corrected chi connectivity index (χ0v) is 9.16. The number of hydrogen-bond donors (Lipinski definition) is 0. The third-order valence-electron chi connectivity index (χ3n) is 0.894. The van der Waals surface area contributed by atoms with Gasteiger partial charge in [0.2, 0.25) is 0 Å². The number of carbonyl (C=O) groups is 2. The lowest BCUT2D eigenvalue weighted by molar-refractivity contribution is -0.340. The molecule has 0 spiro atoms. The highest BCUT2D eigenvalue weighted by molar-refractivity contribution is 5.86. The van der Waals surface area contributed by atoms with Crippen molar-refractivity contribution in [1.29, 1.82) is 0 Å². The molecule has 0 heterocycles. The fraction of sp³-hybridized carbons (Fsp3) is 0.556. The lowest BCUT2D eigenvalue weighted by atomic mass is 10.2. The average molecular weight is 218 g/mol. The highest BCUT2D eigenvalue weighted by Crippen LogP contribution is 2.07. The highest BCUT2D eigenvalue weighted by Gasteiger charge is 2.18. The minimum atomic E-state index is -1.26. The van der Waals surface area contributed by atoms with E-state index in [1.165, 1.54) is 6.92 Å². The number of carbonyl (C=O) groups excluding carboxylic acids is 2. The molecule has 0 atom stereocenters. The van der Waals surface area contributed by atoms with Crippen molar-refractivity contribution in [2.75, 3.05) is 0 Å². The van der Waals surface area contributed by atoms with Crippen molar-refractivity contribution in [3.8, 4) is 0 Å². The van der Waals surface area contributed by atoms with Gasteiger partial charge in [0.05, 0.1) is 0 Å². The second-order valence-electron chi connectivity index (χ2n) is 3.76. The summed E-state index contributed by atoms with van der Waals surface area (Å²) in [6, 6.07) is 0. The van der Waals surface area contributed by atoms with Crippen molar-refractivity contribution >= 4 is 12.1 Å². The summed E-state index contributed by atoms with van der Waals surface area (Å²) in [5.74, 6) is -0.859. The molecule has 0 aliphatic carbocycles. The molecule has 0 aliphatic heterocycles. The molecule has 6 nitrogen and oxygen atoms in total. The van der Waals surface area contributed by atoms with Crippen molar-refractivity contribution in [1.82, 2.24) is 0 Å². The van der Waals surface area contributed by atoms with Crippen LogP contribution in [0.15, 0.2) is 12.2 Å². The smallest absolute Gasteiger partial charge is 0.256 e. The third kappa shape index (κ3) is 7.51. The van der Waals surface area contributed by atoms with E-state index in [4.69, 9.17) is 0 Å². The summed E-state index contributed by atoms with van der Waals surface area (Å²) in [6.07, 6.45) is -1.26. The van der Waals surface area contributed by atoms with Gasteiger partial charge >= 0.3 is 12.1 Å². The van der Waals surface area contributed by atoms with E-state index >= 15 is 0 Å². The predicted octanol–water partition coefficient (Wildman–Crippen LogP) is 1.90. The maximum Gasteiger partial charge on any atom is 0.582 e. The van der Waals surface area contributed by atoms with Crippen LogP contribution in [0.5, 0.6) is 0 Å². The minimum absolute atomic E-state index is 0.0968. The Labute approximate surface area is 87.6 Å². The number of hydrogen-bond acceptors (Lipinski definition) is 6. The minimum Gasteiger partial charge on any atom is -0.256 e. The number of rotatable bonds is 2. The average Bonchev–Trinajstić information content (AvgIpc) is 2.09. The maximum atomic E-state index is 10.8. The first-order chi connectivity index (χ1) is 6.72. The van der Waals surface area contributed by atoms with Crippen molar-refractivity contribution in [2.24, 2.45) is 0 Å². The Morgan fingerprint density at radius 1 is 1.07 bits per heavy atom. The molecule has 0 saturated heterocycles. The van der Waals surface area contributed by atoms with Crippen molar-refractivity contribution in [2.45, 2.75) is 33.3 Å². The Kier molecular flexibility index (Phi) is 4.80. The van der Waals surface area contributed by atoms with E-state index in [2.05, 4.69) is 26.1 Å². The van der Waals surface area contributed by atoms with Crippen LogP contribution in [0.2, 0.25) is 0 Å². The molecule has 86 valence electrons. The Balaban J connectivity index is 3.77. The summed E-state index contributed by atoms with van der Waals surface area (Å²) in [6.45, 7) is 9.69. The summed E-state index contributed by atoms with van der Waals surface area (Å²) in [5, 5.41) is 0. The molecule has 0 aliphatic rings. The molecule has 0 aromatic carbocycles. The summed E-state index contributed by atoms with van der Waals surface area (Å²) in [7, 11) is 0. The van der Waals surface area contributed by atoms with Crippen LogP contribution in [0.4, 0.5) is 4.79 Å². The first-order valence-electron chi connectivity index (χ1n) is 4.16. The molecule has 0 N–H and O–H groups in total. The van der Waals surface area contributed by atoms with E-state index in [-0.39, 0.29) is 5.57 Å².